The van der Waals surface area contributed by atoms with E-state index in [2.05, 4.69) is 25.2 Å². The van der Waals surface area contributed by atoms with Crippen LogP contribution in [0.1, 0.15) is 0 Å². The van der Waals surface area contributed by atoms with Gasteiger partial charge in [-0.1, -0.05) is 18.2 Å². The first-order chi connectivity index (χ1) is 13.3. The standard InChI is InChI=1S/C19H22N6O2/c20-16-18(22-7-8-25-9-11-26-12-10-25)23-13-24-19(16)27-15-5-1-3-14-4-2-6-21-17(14)15/h1-6,13H,7-12,20H2,(H,22,23,24). The Kier molecular flexibility index (Phi) is 5.27. The third-order valence-corrected chi connectivity index (χ3v) is 4.47. The van der Waals surface area contributed by atoms with Crippen molar-refractivity contribution in [3.8, 4) is 11.6 Å². The molecule has 0 aliphatic carbocycles. The summed E-state index contributed by atoms with van der Waals surface area (Å²) < 4.78 is 11.3. The summed E-state index contributed by atoms with van der Waals surface area (Å²) >= 11 is 0. The van der Waals surface area contributed by atoms with Crippen LogP contribution in [0.25, 0.3) is 10.9 Å². The number of morpholine rings is 1. The molecule has 1 aromatic carbocycles. The van der Waals surface area contributed by atoms with Crippen molar-refractivity contribution in [2.45, 2.75) is 0 Å². The fourth-order valence-corrected chi connectivity index (χ4v) is 3.02. The van der Waals surface area contributed by atoms with Crippen LogP contribution in [0.15, 0.2) is 42.9 Å². The molecule has 3 N–H and O–H groups in total. The summed E-state index contributed by atoms with van der Waals surface area (Å²) in [7, 11) is 0. The summed E-state index contributed by atoms with van der Waals surface area (Å²) in [5.74, 6) is 1.50. The van der Waals surface area contributed by atoms with Crippen LogP contribution in [0.5, 0.6) is 11.6 Å². The van der Waals surface area contributed by atoms with Crippen molar-refractivity contribution in [1.82, 2.24) is 19.9 Å². The monoisotopic (exact) mass is 366 g/mol. The molecule has 8 heteroatoms. The number of nitrogens with one attached hydrogen (secondary N) is 1. The highest BCUT2D eigenvalue weighted by atomic mass is 16.5. The first kappa shape index (κ1) is 17.4. The van der Waals surface area contributed by atoms with Gasteiger partial charge >= 0.3 is 0 Å². The number of nitrogens with two attached hydrogens (primary N) is 1. The second-order valence-corrected chi connectivity index (χ2v) is 6.26. The van der Waals surface area contributed by atoms with E-state index in [1.807, 2.05) is 30.3 Å². The Morgan fingerprint density at radius 1 is 1.11 bits per heavy atom. The Hall–Kier alpha value is -2.97. The Morgan fingerprint density at radius 3 is 2.85 bits per heavy atom. The van der Waals surface area contributed by atoms with Crippen LogP contribution in [0, 0.1) is 0 Å². The fourth-order valence-electron chi connectivity index (χ4n) is 3.02. The maximum atomic E-state index is 6.23. The van der Waals surface area contributed by atoms with E-state index in [-0.39, 0.29) is 0 Å². The molecule has 27 heavy (non-hydrogen) atoms. The number of para-hydroxylation sites is 1. The van der Waals surface area contributed by atoms with Gasteiger partial charge < -0.3 is 20.5 Å². The van der Waals surface area contributed by atoms with Crippen molar-refractivity contribution in [1.29, 1.82) is 0 Å². The Balaban J connectivity index is 1.46. The van der Waals surface area contributed by atoms with Crippen LogP contribution in [0.3, 0.4) is 0 Å². The third kappa shape index (κ3) is 4.07. The van der Waals surface area contributed by atoms with Crippen LogP contribution in [-0.4, -0.2) is 59.2 Å². The Labute approximate surface area is 157 Å². The number of fused-ring (bicyclic) bond motifs is 1. The van der Waals surface area contributed by atoms with Gasteiger partial charge in [-0.05, 0) is 12.1 Å². The van der Waals surface area contributed by atoms with Crippen LogP contribution < -0.4 is 15.8 Å². The molecule has 0 unspecified atom stereocenters. The first-order valence-corrected chi connectivity index (χ1v) is 8.97. The maximum Gasteiger partial charge on any atom is 0.248 e. The highest BCUT2D eigenvalue weighted by Gasteiger charge is 2.13. The summed E-state index contributed by atoms with van der Waals surface area (Å²) in [6, 6.07) is 9.62. The molecule has 4 rings (SSSR count). The zero-order valence-electron chi connectivity index (χ0n) is 15.0. The van der Waals surface area contributed by atoms with E-state index in [0.717, 1.165) is 50.3 Å². The van der Waals surface area contributed by atoms with E-state index < -0.39 is 0 Å². The fraction of sp³-hybridized carbons (Fsp3) is 0.316. The zero-order valence-corrected chi connectivity index (χ0v) is 15.0. The van der Waals surface area contributed by atoms with E-state index in [0.29, 0.717) is 23.1 Å². The minimum atomic E-state index is 0.317. The molecule has 1 saturated heterocycles. The number of pyridine rings is 1. The number of aromatic nitrogens is 3. The average molecular weight is 366 g/mol. The van der Waals surface area contributed by atoms with Gasteiger partial charge in [0.15, 0.2) is 11.6 Å². The summed E-state index contributed by atoms with van der Waals surface area (Å²) in [6.45, 7) is 5.10. The Morgan fingerprint density at radius 2 is 1.96 bits per heavy atom. The van der Waals surface area contributed by atoms with Gasteiger partial charge in [-0.3, -0.25) is 9.88 Å². The minimum Gasteiger partial charge on any atom is -0.435 e. The van der Waals surface area contributed by atoms with Crippen LogP contribution in [0.4, 0.5) is 11.5 Å². The molecule has 3 heterocycles. The lowest BCUT2D eigenvalue weighted by molar-refractivity contribution is 0.0398. The number of hydrogen-bond donors (Lipinski definition) is 2. The maximum absolute atomic E-state index is 6.23. The molecule has 2 aromatic heterocycles. The van der Waals surface area contributed by atoms with E-state index >= 15 is 0 Å². The second kappa shape index (κ2) is 8.15. The number of ether oxygens (including phenoxy) is 2. The minimum absolute atomic E-state index is 0.317. The van der Waals surface area contributed by atoms with Gasteiger partial charge in [0.1, 0.15) is 17.5 Å². The molecule has 140 valence electrons. The molecule has 1 aliphatic rings. The quantitative estimate of drug-likeness (QED) is 0.685. The van der Waals surface area contributed by atoms with Gasteiger partial charge in [-0.15, -0.1) is 0 Å². The van der Waals surface area contributed by atoms with Gasteiger partial charge in [-0.2, -0.15) is 4.98 Å². The number of nitrogen functional groups attached to an aromatic ring is 1. The third-order valence-electron chi connectivity index (χ3n) is 4.47. The molecular weight excluding hydrogens is 344 g/mol. The van der Waals surface area contributed by atoms with E-state index in [1.54, 1.807) is 6.20 Å². The van der Waals surface area contributed by atoms with Crippen molar-refractivity contribution >= 4 is 22.4 Å². The lowest BCUT2D eigenvalue weighted by Crippen LogP contribution is -2.39. The molecule has 0 amide bonds. The van der Waals surface area contributed by atoms with Crippen molar-refractivity contribution in [2.75, 3.05) is 50.4 Å². The predicted molar refractivity (Wildman–Crippen MR) is 104 cm³/mol. The molecule has 1 fully saturated rings. The number of nitrogens with zero attached hydrogens (tertiary/aromatic N) is 4. The van der Waals surface area contributed by atoms with Gasteiger partial charge in [0.25, 0.3) is 0 Å². The predicted octanol–water partition coefficient (Wildman–Crippen LogP) is 2.14. The van der Waals surface area contributed by atoms with Crippen molar-refractivity contribution in [3.05, 3.63) is 42.9 Å². The van der Waals surface area contributed by atoms with Gasteiger partial charge in [-0.25, -0.2) is 4.98 Å². The molecule has 0 atom stereocenters. The lowest BCUT2D eigenvalue weighted by atomic mass is 10.2. The molecule has 0 saturated carbocycles. The molecule has 1 aliphatic heterocycles. The van der Waals surface area contributed by atoms with Crippen LogP contribution in [-0.2, 0) is 4.74 Å². The van der Waals surface area contributed by atoms with E-state index in [1.165, 1.54) is 6.33 Å². The number of rotatable bonds is 6. The highest BCUT2D eigenvalue weighted by Crippen LogP contribution is 2.32. The molecule has 0 spiro atoms. The Bertz CT molecular complexity index is 908. The highest BCUT2D eigenvalue weighted by molar-refractivity contribution is 5.84. The molecule has 3 aromatic rings. The zero-order chi connectivity index (χ0) is 18.5. The summed E-state index contributed by atoms with van der Waals surface area (Å²) in [4.78, 5) is 15.2. The molecular formula is C19H22N6O2. The second-order valence-electron chi connectivity index (χ2n) is 6.26. The molecule has 8 nitrogen and oxygen atoms in total. The largest absolute Gasteiger partial charge is 0.435 e. The van der Waals surface area contributed by atoms with Gasteiger partial charge in [0.2, 0.25) is 5.88 Å². The number of benzene rings is 1. The number of anilines is 2. The molecule has 0 radical (unpaired) electrons. The van der Waals surface area contributed by atoms with Crippen molar-refractivity contribution < 1.29 is 9.47 Å². The summed E-state index contributed by atoms with van der Waals surface area (Å²) in [5, 5.41) is 4.26. The summed E-state index contributed by atoms with van der Waals surface area (Å²) in [6.07, 6.45) is 3.18. The first-order valence-electron chi connectivity index (χ1n) is 8.97. The number of hydrogen-bond acceptors (Lipinski definition) is 8. The SMILES string of the molecule is Nc1c(NCCN2CCOCC2)ncnc1Oc1cccc2cccnc12. The summed E-state index contributed by atoms with van der Waals surface area (Å²) in [5.41, 5.74) is 7.37. The van der Waals surface area contributed by atoms with Crippen molar-refractivity contribution in [2.24, 2.45) is 0 Å². The normalized spacial score (nSPS) is 15.0. The van der Waals surface area contributed by atoms with Crippen LogP contribution >= 0.6 is 0 Å². The van der Waals surface area contributed by atoms with Gasteiger partial charge in [0, 0.05) is 37.8 Å². The van der Waals surface area contributed by atoms with E-state index in [9.17, 15) is 0 Å². The van der Waals surface area contributed by atoms with E-state index in [4.69, 9.17) is 15.2 Å². The van der Waals surface area contributed by atoms with Crippen LogP contribution in [0.2, 0.25) is 0 Å². The smallest absolute Gasteiger partial charge is 0.248 e. The lowest BCUT2D eigenvalue weighted by Gasteiger charge is -2.26. The van der Waals surface area contributed by atoms with Crippen molar-refractivity contribution in [3.63, 3.8) is 0 Å². The van der Waals surface area contributed by atoms with Gasteiger partial charge in [0.05, 0.1) is 13.2 Å². The average Bonchev–Trinajstić information content (AvgIpc) is 2.72. The molecule has 0 bridgehead atoms. The topological polar surface area (TPSA) is 98.4 Å².